The van der Waals surface area contributed by atoms with Crippen LogP contribution in [0.3, 0.4) is 0 Å². The van der Waals surface area contributed by atoms with E-state index in [1.807, 2.05) is 22.8 Å². The van der Waals surface area contributed by atoms with Gasteiger partial charge < -0.3 is 19.5 Å². The summed E-state index contributed by atoms with van der Waals surface area (Å²) < 4.78 is 42.3. The molecule has 4 aliphatic rings. The van der Waals surface area contributed by atoms with Gasteiger partial charge in [0.1, 0.15) is 0 Å². The second-order valence-corrected chi connectivity index (χ2v) is 16.6. The van der Waals surface area contributed by atoms with Gasteiger partial charge in [-0.3, -0.25) is 29.9 Å². The number of anilines is 2. The van der Waals surface area contributed by atoms with E-state index < -0.39 is 17.6 Å². The Morgan fingerprint density at radius 1 is 0.828 bits per heavy atom. The first kappa shape index (κ1) is 40.0. The normalized spacial score (nSPS) is 23.0. The molecule has 0 bridgehead atoms. The number of piperidine rings is 2. The molecule has 8 rings (SSSR count). The molecule has 1 atom stereocenters. The van der Waals surface area contributed by atoms with Gasteiger partial charge in [0.05, 0.1) is 22.5 Å². The van der Waals surface area contributed by atoms with Crippen LogP contribution in [0.25, 0.3) is 11.0 Å². The number of carbonyl (C=O) groups excluding carboxylic acids is 3. The molecular formula is C44H52F3N7O4. The minimum atomic E-state index is -4.56. The van der Waals surface area contributed by atoms with Gasteiger partial charge in [-0.2, -0.15) is 13.2 Å². The summed E-state index contributed by atoms with van der Waals surface area (Å²) in [6.45, 7) is 7.92. The zero-order valence-corrected chi connectivity index (χ0v) is 32.7. The highest BCUT2D eigenvalue weighted by Gasteiger charge is 2.32. The van der Waals surface area contributed by atoms with E-state index in [4.69, 9.17) is 4.98 Å². The van der Waals surface area contributed by atoms with Crippen molar-refractivity contribution in [2.45, 2.75) is 76.0 Å². The maximum absolute atomic E-state index is 13.4. The summed E-state index contributed by atoms with van der Waals surface area (Å²) in [4.78, 5) is 49.5. The predicted molar refractivity (Wildman–Crippen MR) is 215 cm³/mol. The van der Waals surface area contributed by atoms with Gasteiger partial charge in [-0.15, -0.1) is 0 Å². The molecule has 3 N–H and O–H groups in total. The number of rotatable bonds is 10. The van der Waals surface area contributed by atoms with Gasteiger partial charge in [0.25, 0.3) is 5.91 Å². The third kappa shape index (κ3) is 9.08. The number of hydrogen-bond acceptors (Lipinski definition) is 8. The molecule has 0 unspecified atom stereocenters. The fraction of sp³-hybridized carbons (Fsp3) is 0.500. The van der Waals surface area contributed by atoms with Crippen molar-refractivity contribution in [3.63, 3.8) is 0 Å². The largest absolute Gasteiger partial charge is 0.416 e. The standard InChI is InChI=1S/C44H52F3N7O4/c45-44(46,47)34-3-1-2-33(25-34)41(57)50-43-48-38-24-31(6-14-39(38)54(43)36-9-4-30(28-55)5-10-36)27-52-22-20-51(21-23-52)26-29-16-18-53(19-17-29)35-11-7-32(8-12-35)37-13-15-40(56)49-42(37)58/h1-3,6-8,11-12,14,24-25,29-30,36-37,55H,4-5,9-10,13,15-23,26-28H2,(H,48,50,57)(H,49,56,58)/t30?,36?,37-/m0/s1. The Hall–Kier alpha value is -4.79. The van der Waals surface area contributed by atoms with Crippen LogP contribution in [0.5, 0.6) is 0 Å². The van der Waals surface area contributed by atoms with Gasteiger partial charge in [-0.1, -0.05) is 24.3 Å². The fourth-order valence-corrected chi connectivity index (χ4v) is 9.35. The number of imide groups is 1. The lowest BCUT2D eigenvalue weighted by molar-refractivity contribution is -0.138. The number of nitrogens with one attached hydrogen (secondary N) is 2. The molecule has 14 heteroatoms. The quantitative estimate of drug-likeness (QED) is 0.154. The van der Waals surface area contributed by atoms with E-state index in [2.05, 4.69) is 49.6 Å². The smallest absolute Gasteiger partial charge is 0.396 e. The molecule has 4 aromatic rings. The summed E-state index contributed by atoms with van der Waals surface area (Å²) >= 11 is 0. The molecule has 1 saturated carbocycles. The Balaban J connectivity index is 0.856. The molecule has 3 amide bonds. The third-order valence-corrected chi connectivity index (χ3v) is 12.8. The molecule has 3 saturated heterocycles. The van der Waals surface area contributed by atoms with Crippen molar-refractivity contribution in [1.29, 1.82) is 0 Å². The highest BCUT2D eigenvalue weighted by atomic mass is 19.4. The van der Waals surface area contributed by atoms with Crippen LogP contribution in [0.1, 0.15) is 90.4 Å². The van der Waals surface area contributed by atoms with E-state index in [9.17, 15) is 32.7 Å². The van der Waals surface area contributed by atoms with Gasteiger partial charge in [0.15, 0.2) is 0 Å². The Kier molecular flexibility index (Phi) is 11.9. The van der Waals surface area contributed by atoms with Crippen molar-refractivity contribution < 1.29 is 32.7 Å². The molecule has 1 aromatic heterocycles. The molecule has 58 heavy (non-hydrogen) atoms. The third-order valence-electron chi connectivity index (χ3n) is 12.8. The molecule has 3 aromatic carbocycles. The molecular weight excluding hydrogens is 748 g/mol. The van der Waals surface area contributed by atoms with Crippen LogP contribution < -0.4 is 15.5 Å². The molecule has 308 valence electrons. The number of alkyl halides is 3. The minimum absolute atomic E-state index is 0.0363. The molecule has 11 nitrogen and oxygen atoms in total. The van der Waals surface area contributed by atoms with Crippen molar-refractivity contribution in [3.8, 4) is 0 Å². The van der Waals surface area contributed by atoms with E-state index in [-0.39, 0.29) is 41.9 Å². The van der Waals surface area contributed by atoms with Crippen LogP contribution in [0.15, 0.2) is 66.7 Å². The number of carbonyl (C=O) groups is 3. The molecule has 0 radical (unpaired) electrons. The van der Waals surface area contributed by atoms with Crippen LogP contribution in [-0.4, -0.2) is 94.6 Å². The topological polar surface area (TPSA) is 123 Å². The number of aliphatic hydroxyl groups is 1. The molecule has 1 aliphatic carbocycles. The van der Waals surface area contributed by atoms with Gasteiger partial charge in [-0.05, 0) is 110 Å². The van der Waals surface area contributed by atoms with Crippen LogP contribution in [0, 0.1) is 11.8 Å². The van der Waals surface area contributed by atoms with Crippen molar-refractivity contribution in [3.05, 3.63) is 89.0 Å². The van der Waals surface area contributed by atoms with Crippen LogP contribution in [0.2, 0.25) is 0 Å². The molecule has 4 heterocycles. The van der Waals surface area contributed by atoms with E-state index in [0.29, 0.717) is 24.7 Å². The van der Waals surface area contributed by atoms with Gasteiger partial charge in [-0.25, -0.2) is 4.98 Å². The number of nitrogens with zero attached hydrogens (tertiary/aromatic N) is 5. The van der Waals surface area contributed by atoms with Crippen molar-refractivity contribution in [1.82, 2.24) is 24.7 Å². The number of aliphatic hydroxyl groups excluding tert-OH is 1. The second-order valence-electron chi connectivity index (χ2n) is 16.6. The predicted octanol–water partition coefficient (Wildman–Crippen LogP) is 6.59. The first-order valence-electron chi connectivity index (χ1n) is 20.7. The summed E-state index contributed by atoms with van der Waals surface area (Å²) in [5.74, 6) is -0.104. The summed E-state index contributed by atoms with van der Waals surface area (Å²) in [7, 11) is 0. The first-order chi connectivity index (χ1) is 28.0. The maximum Gasteiger partial charge on any atom is 0.416 e. The number of aromatic nitrogens is 2. The number of fused-ring (bicyclic) bond motifs is 1. The molecule has 4 fully saturated rings. The highest BCUT2D eigenvalue weighted by Crippen LogP contribution is 2.38. The lowest BCUT2D eigenvalue weighted by Gasteiger charge is -2.39. The Bertz CT molecular complexity index is 2100. The fourth-order valence-electron chi connectivity index (χ4n) is 9.35. The number of benzene rings is 3. The van der Waals surface area contributed by atoms with Crippen molar-refractivity contribution in [2.24, 2.45) is 11.8 Å². The zero-order chi connectivity index (χ0) is 40.4. The maximum atomic E-state index is 13.4. The van der Waals surface area contributed by atoms with Gasteiger partial charge in [0.2, 0.25) is 17.8 Å². The number of imidazole rings is 1. The SMILES string of the molecule is O=C1CC[C@@H](c2ccc(N3CCC(CN4CCN(Cc5ccc6c(c5)nc(NC(=O)c5cccc(C(F)(F)F)c5)n6C5CCC(CO)CC5)CC4)CC3)cc2)C(=O)N1. The van der Waals surface area contributed by atoms with Crippen LogP contribution in [0.4, 0.5) is 24.8 Å². The number of hydrogen-bond donors (Lipinski definition) is 3. The Morgan fingerprint density at radius 2 is 1.55 bits per heavy atom. The summed E-state index contributed by atoms with van der Waals surface area (Å²) in [5, 5.41) is 15.0. The van der Waals surface area contributed by atoms with Crippen LogP contribution >= 0.6 is 0 Å². The van der Waals surface area contributed by atoms with Gasteiger partial charge in [0, 0.05) is 82.7 Å². The number of halogens is 3. The van der Waals surface area contributed by atoms with E-state index in [1.54, 1.807) is 0 Å². The highest BCUT2D eigenvalue weighted by molar-refractivity contribution is 6.04. The monoisotopic (exact) mass is 799 g/mol. The van der Waals surface area contributed by atoms with Crippen molar-refractivity contribution >= 4 is 40.4 Å². The number of piperazine rings is 1. The average Bonchev–Trinajstić information content (AvgIpc) is 3.58. The minimum Gasteiger partial charge on any atom is -0.396 e. The lowest BCUT2D eigenvalue weighted by atomic mass is 9.86. The number of amides is 3. The van der Waals surface area contributed by atoms with E-state index in [1.165, 1.54) is 17.8 Å². The second kappa shape index (κ2) is 17.2. The molecule has 3 aliphatic heterocycles. The van der Waals surface area contributed by atoms with Gasteiger partial charge >= 0.3 is 6.18 Å². The summed E-state index contributed by atoms with van der Waals surface area (Å²) in [6, 6.07) is 19.0. The zero-order valence-electron chi connectivity index (χ0n) is 32.7. The van der Waals surface area contributed by atoms with Crippen LogP contribution in [-0.2, 0) is 22.3 Å². The van der Waals surface area contributed by atoms with E-state index in [0.717, 1.165) is 125 Å². The van der Waals surface area contributed by atoms with E-state index >= 15 is 0 Å². The summed E-state index contributed by atoms with van der Waals surface area (Å²) in [5.41, 5.74) is 3.89. The molecule has 0 spiro atoms. The van der Waals surface area contributed by atoms with Crippen molar-refractivity contribution in [2.75, 3.05) is 62.6 Å². The Labute approximate surface area is 336 Å². The first-order valence-corrected chi connectivity index (χ1v) is 20.7. The lowest BCUT2D eigenvalue weighted by Crippen LogP contribution is -2.48. The Morgan fingerprint density at radius 3 is 2.24 bits per heavy atom. The average molecular weight is 800 g/mol. The summed E-state index contributed by atoms with van der Waals surface area (Å²) in [6.07, 6.45) is 1.93.